The molecule has 27 heavy (non-hydrogen) atoms. The number of hydrogen-bond acceptors (Lipinski definition) is 5. The van der Waals surface area contributed by atoms with Crippen LogP contribution in [0.3, 0.4) is 0 Å². The van der Waals surface area contributed by atoms with E-state index < -0.39 is 12.1 Å². The first-order valence-corrected chi connectivity index (χ1v) is 9.16. The monoisotopic (exact) mass is 370 g/mol. The van der Waals surface area contributed by atoms with Crippen LogP contribution in [-0.4, -0.2) is 59.8 Å². The van der Waals surface area contributed by atoms with Gasteiger partial charge in [0.25, 0.3) is 5.91 Å². The third-order valence-corrected chi connectivity index (χ3v) is 5.09. The number of fused-ring (bicyclic) bond motifs is 1. The van der Waals surface area contributed by atoms with Crippen LogP contribution in [0.5, 0.6) is 5.75 Å². The fourth-order valence-corrected chi connectivity index (χ4v) is 3.51. The molecule has 2 fully saturated rings. The van der Waals surface area contributed by atoms with Gasteiger partial charge < -0.3 is 19.5 Å². The van der Waals surface area contributed by atoms with Gasteiger partial charge >= 0.3 is 5.97 Å². The molecule has 0 bridgehead atoms. The zero-order valence-corrected chi connectivity index (χ0v) is 15.2. The van der Waals surface area contributed by atoms with Crippen molar-refractivity contribution in [2.24, 2.45) is 0 Å². The Bertz CT molecular complexity index is 893. The minimum Gasteiger partial charge on any atom is -0.497 e. The molecule has 2 heterocycles. The number of carbonyl (C=O) groups is 2. The summed E-state index contributed by atoms with van der Waals surface area (Å²) in [6.45, 7) is 1.06. The number of methoxy groups -OCH3 is 1. The van der Waals surface area contributed by atoms with Gasteiger partial charge in [0, 0.05) is 30.1 Å². The van der Waals surface area contributed by atoms with Crippen molar-refractivity contribution < 1.29 is 24.2 Å². The number of amides is 1. The quantitative estimate of drug-likeness (QED) is 0.870. The van der Waals surface area contributed by atoms with E-state index in [1.165, 1.54) is 0 Å². The molecule has 1 aliphatic carbocycles. The van der Waals surface area contributed by atoms with Crippen LogP contribution in [0, 0.1) is 0 Å². The molecule has 0 radical (unpaired) electrons. The maximum Gasteiger partial charge on any atom is 0.306 e. The lowest BCUT2D eigenvalue weighted by Crippen LogP contribution is -2.46. The van der Waals surface area contributed by atoms with Crippen molar-refractivity contribution in [1.29, 1.82) is 0 Å². The number of carboxylic acids is 1. The number of carbonyl (C=O) groups excluding carboxylic acids is 1. The molecule has 142 valence electrons. The fraction of sp³-hybridized carbons (Fsp3) is 0.450. The summed E-state index contributed by atoms with van der Waals surface area (Å²) >= 11 is 0. The highest BCUT2D eigenvalue weighted by molar-refractivity contribution is 6.06. The van der Waals surface area contributed by atoms with E-state index in [4.69, 9.17) is 19.6 Å². The maximum atomic E-state index is 13.3. The van der Waals surface area contributed by atoms with Gasteiger partial charge in [0.1, 0.15) is 5.75 Å². The van der Waals surface area contributed by atoms with Crippen LogP contribution in [0.15, 0.2) is 24.3 Å². The van der Waals surface area contributed by atoms with Gasteiger partial charge in [-0.1, -0.05) is 0 Å². The van der Waals surface area contributed by atoms with Crippen molar-refractivity contribution in [3.05, 3.63) is 35.5 Å². The SMILES string of the molecule is COc1ccc2nc(C3CC3)cc(C(=O)N3CCOC(CC(=O)O)C3)c2c1. The summed E-state index contributed by atoms with van der Waals surface area (Å²) in [6, 6.07) is 7.45. The first-order chi connectivity index (χ1) is 13.0. The van der Waals surface area contributed by atoms with Gasteiger partial charge in [0.2, 0.25) is 0 Å². The lowest BCUT2D eigenvalue weighted by Gasteiger charge is -2.32. The molecule has 1 aliphatic heterocycles. The van der Waals surface area contributed by atoms with Crippen molar-refractivity contribution >= 4 is 22.8 Å². The first kappa shape index (κ1) is 17.7. The van der Waals surface area contributed by atoms with Crippen molar-refractivity contribution in [3.8, 4) is 5.75 Å². The molecule has 1 N–H and O–H groups in total. The highest BCUT2D eigenvalue weighted by Crippen LogP contribution is 2.40. The molecule has 7 heteroatoms. The van der Waals surface area contributed by atoms with Crippen LogP contribution < -0.4 is 4.74 Å². The summed E-state index contributed by atoms with van der Waals surface area (Å²) in [6.07, 6.45) is 1.61. The number of morpholine rings is 1. The van der Waals surface area contributed by atoms with Crippen molar-refractivity contribution in [3.63, 3.8) is 0 Å². The molecule has 1 unspecified atom stereocenters. The summed E-state index contributed by atoms with van der Waals surface area (Å²) < 4.78 is 10.8. The lowest BCUT2D eigenvalue weighted by molar-refractivity contribution is -0.141. The topological polar surface area (TPSA) is 89.0 Å². The number of ether oxygens (including phenoxy) is 2. The molecular weight excluding hydrogens is 348 g/mol. The third-order valence-electron chi connectivity index (χ3n) is 5.09. The van der Waals surface area contributed by atoms with Crippen LogP contribution in [0.25, 0.3) is 10.9 Å². The second-order valence-corrected chi connectivity index (χ2v) is 7.09. The molecule has 1 aromatic carbocycles. The molecule has 0 spiro atoms. The highest BCUT2D eigenvalue weighted by Gasteiger charge is 2.30. The molecule has 4 rings (SSSR count). The molecule has 2 aliphatic rings. The normalized spacial score (nSPS) is 19.9. The third kappa shape index (κ3) is 3.73. The molecule has 1 saturated carbocycles. The maximum absolute atomic E-state index is 13.3. The summed E-state index contributed by atoms with van der Waals surface area (Å²) in [5.41, 5.74) is 2.32. The lowest BCUT2D eigenvalue weighted by atomic mass is 10.0. The molecule has 1 amide bonds. The molecule has 1 atom stereocenters. The zero-order valence-electron chi connectivity index (χ0n) is 15.2. The fourth-order valence-electron chi connectivity index (χ4n) is 3.51. The Morgan fingerprint density at radius 3 is 2.85 bits per heavy atom. The summed E-state index contributed by atoms with van der Waals surface area (Å²) in [5, 5.41) is 9.76. The largest absolute Gasteiger partial charge is 0.497 e. The van der Waals surface area contributed by atoms with Crippen LogP contribution in [0.1, 0.15) is 41.2 Å². The van der Waals surface area contributed by atoms with Crippen LogP contribution in [0.4, 0.5) is 0 Å². The van der Waals surface area contributed by atoms with Gasteiger partial charge in [-0.3, -0.25) is 14.6 Å². The van der Waals surface area contributed by atoms with E-state index in [1.54, 1.807) is 12.0 Å². The number of carboxylic acid groups (broad SMARTS) is 1. The van der Waals surface area contributed by atoms with E-state index in [1.807, 2.05) is 24.3 Å². The Labute approximate surface area is 156 Å². The average Bonchev–Trinajstić information content (AvgIpc) is 3.51. The van der Waals surface area contributed by atoms with Gasteiger partial charge in [-0.25, -0.2) is 0 Å². The predicted octanol–water partition coefficient (Wildman–Crippen LogP) is 2.44. The Balaban J connectivity index is 1.70. The smallest absolute Gasteiger partial charge is 0.306 e. The van der Waals surface area contributed by atoms with Crippen LogP contribution in [-0.2, 0) is 9.53 Å². The van der Waals surface area contributed by atoms with E-state index in [9.17, 15) is 9.59 Å². The Hall–Kier alpha value is -2.67. The minimum atomic E-state index is -0.926. The number of rotatable bonds is 5. The predicted molar refractivity (Wildman–Crippen MR) is 98.2 cm³/mol. The van der Waals surface area contributed by atoms with Gasteiger partial charge in [0.05, 0.1) is 37.3 Å². The van der Waals surface area contributed by atoms with E-state index >= 15 is 0 Å². The minimum absolute atomic E-state index is 0.109. The van der Waals surface area contributed by atoms with Crippen molar-refractivity contribution in [2.75, 3.05) is 26.8 Å². The summed E-state index contributed by atoms with van der Waals surface area (Å²) in [7, 11) is 1.59. The average molecular weight is 370 g/mol. The second-order valence-electron chi connectivity index (χ2n) is 7.09. The molecular formula is C20H22N2O5. The number of nitrogens with zero attached hydrogens (tertiary/aromatic N) is 2. The van der Waals surface area contributed by atoms with E-state index in [0.29, 0.717) is 30.4 Å². The van der Waals surface area contributed by atoms with Gasteiger partial charge in [-0.05, 0) is 37.1 Å². The molecule has 1 saturated heterocycles. The van der Waals surface area contributed by atoms with Crippen molar-refractivity contribution in [1.82, 2.24) is 9.88 Å². The molecule has 7 nitrogen and oxygen atoms in total. The highest BCUT2D eigenvalue weighted by atomic mass is 16.5. The summed E-state index contributed by atoms with van der Waals surface area (Å²) in [4.78, 5) is 30.7. The van der Waals surface area contributed by atoms with Crippen molar-refractivity contribution in [2.45, 2.75) is 31.3 Å². The Kier molecular flexibility index (Phi) is 4.70. The van der Waals surface area contributed by atoms with E-state index in [-0.39, 0.29) is 18.9 Å². The Morgan fingerprint density at radius 2 is 2.15 bits per heavy atom. The first-order valence-electron chi connectivity index (χ1n) is 9.16. The number of aromatic nitrogens is 1. The zero-order chi connectivity index (χ0) is 19.0. The van der Waals surface area contributed by atoms with E-state index in [2.05, 4.69) is 0 Å². The standard InChI is InChI=1S/C20H22N2O5/c1-26-13-4-5-17-15(8-13)16(10-18(21-17)12-2-3-12)20(25)22-6-7-27-14(11-22)9-19(23)24/h4-5,8,10,12,14H,2-3,6-7,9,11H2,1H3,(H,23,24). The molecule has 1 aromatic heterocycles. The number of benzene rings is 1. The summed E-state index contributed by atoms with van der Waals surface area (Å²) in [5.74, 6) is 0.0522. The van der Waals surface area contributed by atoms with Gasteiger partial charge in [0.15, 0.2) is 0 Å². The van der Waals surface area contributed by atoms with Crippen LogP contribution in [0.2, 0.25) is 0 Å². The number of hydrogen-bond donors (Lipinski definition) is 1. The van der Waals surface area contributed by atoms with Gasteiger partial charge in [-0.15, -0.1) is 0 Å². The van der Waals surface area contributed by atoms with Gasteiger partial charge in [-0.2, -0.15) is 0 Å². The molecule has 2 aromatic rings. The number of aliphatic carboxylic acids is 1. The Morgan fingerprint density at radius 1 is 1.33 bits per heavy atom. The second kappa shape index (κ2) is 7.15. The van der Waals surface area contributed by atoms with E-state index in [0.717, 1.165) is 29.4 Å². The van der Waals surface area contributed by atoms with Crippen LogP contribution >= 0.6 is 0 Å². The number of pyridine rings is 1.